The predicted molar refractivity (Wildman–Crippen MR) is 135 cm³/mol. The molecule has 2 amide bonds. The van der Waals surface area contributed by atoms with Gasteiger partial charge in [-0.15, -0.1) is 0 Å². The van der Waals surface area contributed by atoms with E-state index in [2.05, 4.69) is 12.2 Å². The average molecular weight is 477 g/mol. The second-order valence-electron chi connectivity index (χ2n) is 8.92. The summed E-state index contributed by atoms with van der Waals surface area (Å²) in [7, 11) is 0. The largest absolute Gasteiger partial charge is 0.465 e. The van der Waals surface area contributed by atoms with E-state index in [1.807, 2.05) is 12.1 Å². The molecule has 0 aromatic heterocycles. The molecule has 0 aliphatic carbocycles. The topological polar surface area (TPSA) is 105 Å². The van der Waals surface area contributed by atoms with Crippen molar-refractivity contribution in [1.29, 1.82) is 0 Å². The Balaban J connectivity index is 2.09. The van der Waals surface area contributed by atoms with Crippen LogP contribution in [-0.2, 0) is 25.5 Å². The zero-order valence-electron chi connectivity index (χ0n) is 20.9. The van der Waals surface area contributed by atoms with Gasteiger partial charge >= 0.3 is 5.97 Å². The van der Waals surface area contributed by atoms with Crippen molar-refractivity contribution in [3.05, 3.63) is 29.8 Å². The fourth-order valence-corrected chi connectivity index (χ4v) is 3.73. The molecule has 1 rings (SSSR count). The predicted octanol–water partition coefficient (Wildman–Crippen LogP) is 6.09. The summed E-state index contributed by atoms with van der Waals surface area (Å²) in [6.07, 6.45) is 15.2. The third-order valence-electron chi connectivity index (χ3n) is 5.78. The van der Waals surface area contributed by atoms with Gasteiger partial charge in [0.15, 0.2) is 0 Å². The van der Waals surface area contributed by atoms with Crippen LogP contribution in [0.2, 0.25) is 0 Å². The number of hydroxylamine groups is 1. The Morgan fingerprint density at radius 2 is 1.26 bits per heavy atom. The van der Waals surface area contributed by atoms with E-state index >= 15 is 0 Å². The lowest BCUT2D eigenvalue weighted by molar-refractivity contribution is -0.143. The summed E-state index contributed by atoms with van der Waals surface area (Å²) >= 11 is 0. The Kier molecular flexibility index (Phi) is 17.4. The van der Waals surface area contributed by atoms with Gasteiger partial charge in [0.2, 0.25) is 11.8 Å². The highest BCUT2D eigenvalue weighted by molar-refractivity contribution is 5.90. The van der Waals surface area contributed by atoms with E-state index in [0.717, 1.165) is 37.7 Å². The summed E-state index contributed by atoms with van der Waals surface area (Å²) in [4.78, 5) is 35.0. The maximum Gasteiger partial charge on any atom is 0.310 e. The maximum atomic E-state index is 12.1. The summed E-state index contributed by atoms with van der Waals surface area (Å²) in [5.74, 6) is -0.651. The number of esters is 1. The average Bonchev–Trinajstić information content (AvgIpc) is 2.83. The molecule has 192 valence electrons. The van der Waals surface area contributed by atoms with E-state index in [4.69, 9.17) is 9.94 Å². The summed E-state index contributed by atoms with van der Waals surface area (Å²) in [5, 5.41) is 11.3. The molecule has 34 heavy (non-hydrogen) atoms. The fraction of sp³-hybridized carbons (Fsp3) is 0.667. The van der Waals surface area contributed by atoms with E-state index in [0.29, 0.717) is 31.6 Å². The van der Waals surface area contributed by atoms with Crippen LogP contribution in [0.4, 0.5) is 5.69 Å². The van der Waals surface area contributed by atoms with Gasteiger partial charge in [-0.05, 0) is 37.0 Å². The Labute approximate surface area is 205 Å². The molecule has 0 saturated heterocycles. The minimum absolute atomic E-state index is 0.0544. The Morgan fingerprint density at radius 3 is 1.85 bits per heavy atom. The highest BCUT2D eigenvalue weighted by atomic mass is 16.5. The van der Waals surface area contributed by atoms with Crippen molar-refractivity contribution in [1.82, 2.24) is 5.48 Å². The summed E-state index contributed by atoms with van der Waals surface area (Å²) in [6, 6.07) is 7.27. The van der Waals surface area contributed by atoms with Gasteiger partial charge in [-0.3, -0.25) is 19.6 Å². The minimum Gasteiger partial charge on any atom is -0.465 e. The number of nitrogens with one attached hydrogen (secondary N) is 2. The summed E-state index contributed by atoms with van der Waals surface area (Å²) in [6.45, 7) is 2.72. The molecule has 0 spiro atoms. The third kappa shape index (κ3) is 16.2. The van der Waals surface area contributed by atoms with Gasteiger partial charge < -0.3 is 10.1 Å². The molecular weight excluding hydrogens is 432 g/mol. The van der Waals surface area contributed by atoms with E-state index in [1.165, 1.54) is 44.9 Å². The molecule has 1 aromatic rings. The molecule has 0 heterocycles. The SMILES string of the molecule is CCCCCCCCCCCOC(=O)Cc1ccc(NC(=O)CCCCCCC(=O)NO)cc1. The minimum atomic E-state index is -0.381. The fourth-order valence-electron chi connectivity index (χ4n) is 3.73. The number of rotatable bonds is 20. The molecule has 0 fully saturated rings. The standard InChI is InChI=1S/C27H44N2O5/c1-2-3-4-5-6-7-8-11-14-21-34-27(32)22-23-17-19-24(20-18-23)28-25(30)15-12-9-10-13-16-26(31)29-33/h17-20,33H,2-16,21-22H2,1H3,(H,28,30)(H,29,31). The van der Waals surface area contributed by atoms with Crippen molar-refractivity contribution >= 4 is 23.5 Å². The molecule has 0 aliphatic heterocycles. The number of hydrogen-bond acceptors (Lipinski definition) is 5. The first-order valence-electron chi connectivity index (χ1n) is 13.0. The first kappa shape index (κ1) is 29.6. The van der Waals surface area contributed by atoms with Crippen LogP contribution in [0.25, 0.3) is 0 Å². The zero-order valence-corrected chi connectivity index (χ0v) is 20.9. The second kappa shape index (κ2) is 20.0. The smallest absolute Gasteiger partial charge is 0.310 e. The van der Waals surface area contributed by atoms with Crippen LogP contribution in [0.1, 0.15) is 109 Å². The molecule has 0 radical (unpaired) electrons. The molecule has 0 aliphatic rings. The van der Waals surface area contributed by atoms with E-state index in [1.54, 1.807) is 17.6 Å². The quantitative estimate of drug-likeness (QED) is 0.0914. The lowest BCUT2D eigenvalue weighted by Gasteiger charge is -2.08. The third-order valence-corrected chi connectivity index (χ3v) is 5.78. The van der Waals surface area contributed by atoms with Gasteiger partial charge in [0.25, 0.3) is 0 Å². The number of benzene rings is 1. The van der Waals surface area contributed by atoms with E-state index in [9.17, 15) is 14.4 Å². The number of amides is 2. The van der Waals surface area contributed by atoms with Crippen LogP contribution >= 0.6 is 0 Å². The lowest BCUT2D eigenvalue weighted by atomic mass is 10.1. The number of unbranched alkanes of at least 4 members (excludes halogenated alkanes) is 11. The number of anilines is 1. The zero-order chi connectivity index (χ0) is 24.9. The lowest BCUT2D eigenvalue weighted by Crippen LogP contribution is -2.17. The van der Waals surface area contributed by atoms with Crippen LogP contribution in [0.5, 0.6) is 0 Å². The van der Waals surface area contributed by atoms with E-state index in [-0.39, 0.29) is 24.2 Å². The van der Waals surface area contributed by atoms with Crippen molar-refractivity contribution < 1.29 is 24.3 Å². The van der Waals surface area contributed by atoms with Gasteiger partial charge in [0.1, 0.15) is 0 Å². The van der Waals surface area contributed by atoms with Crippen molar-refractivity contribution in [2.75, 3.05) is 11.9 Å². The summed E-state index contributed by atoms with van der Waals surface area (Å²) < 4.78 is 5.35. The summed E-state index contributed by atoms with van der Waals surface area (Å²) in [5.41, 5.74) is 3.18. The van der Waals surface area contributed by atoms with Gasteiger partial charge in [0.05, 0.1) is 13.0 Å². The molecule has 3 N–H and O–H groups in total. The molecule has 7 nitrogen and oxygen atoms in total. The Hall–Kier alpha value is -2.41. The number of carbonyl (C=O) groups excluding carboxylic acids is 3. The first-order chi connectivity index (χ1) is 16.5. The number of hydrogen-bond donors (Lipinski definition) is 3. The van der Waals surface area contributed by atoms with Crippen LogP contribution in [-0.4, -0.2) is 29.6 Å². The van der Waals surface area contributed by atoms with Gasteiger partial charge in [-0.1, -0.05) is 83.3 Å². The molecular formula is C27H44N2O5. The van der Waals surface area contributed by atoms with Gasteiger partial charge in [0, 0.05) is 18.5 Å². The Morgan fingerprint density at radius 1 is 0.735 bits per heavy atom. The van der Waals surface area contributed by atoms with Crippen LogP contribution in [0.3, 0.4) is 0 Å². The van der Waals surface area contributed by atoms with Gasteiger partial charge in [-0.25, -0.2) is 5.48 Å². The Bertz CT molecular complexity index is 691. The molecule has 0 saturated carbocycles. The maximum absolute atomic E-state index is 12.1. The number of carbonyl (C=O) groups is 3. The van der Waals surface area contributed by atoms with Crippen molar-refractivity contribution in [3.63, 3.8) is 0 Å². The molecule has 7 heteroatoms. The van der Waals surface area contributed by atoms with Crippen molar-refractivity contribution in [2.24, 2.45) is 0 Å². The first-order valence-corrected chi connectivity index (χ1v) is 13.0. The van der Waals surface area contributed by atoms with Crippen molar-refractivity contribution in [3.8, 4) is 0 Å². The van der Waals surface area contributed by atoms with E-state index < -0.39 is 0 Å². The van der Waals surface area contributed by atoms with Crippen molar-refractivity contribution in [2.45, 2.75) is 110 Å². The normalized spacial score (nSPS) is 10.6. The molecule has 1 aromatic carbocycles. The molecule has 0 bridgehead atoms. The molecule has 0 unspecified atom stereocenters. The van der Waals surface area contributed by atoms with Crippen LogP contribution < -0.4 is 10.8 Å². The highest BCUT2D eigenvalue weighted by Gasteiger charge is 2.07. The number of ether oxygens (including phenoxy) is 1. The monoisotopic (exact) mass is 476 g/mol. The van der Waals surface area contributed by atoms with Gasteiger partial charge in [-0.2, -0.15) is 0 Å². The van der Waals surface area contributed by atoms with Crippen LogP contribution in [0, 0.1) is 0 Å². The highest BCUT2D eigenvalue weighted by Crippen LogP contribution is 2.13. The molecule has 0 atom stereocenters. The van der Waals surface area contributed by atoms with Crippen LogP contribution in [0.15, 0.2) is 24.3 Å². The second-order valence-corrected chi connectivity index (χ2v) is 8.92.